The zero-order valence-electron chi connectivity index (χ0n) is 12.9. The van der Waals surface area contributed by atoms with Crippen molar-refractivity contribution in [2.75, 3.05) is 19.8 Å². The molecule has 1 heterocycles. The van der Waals surface area contributed by atoms with Gasteiger partial charge in [0.25, 0.3) is 0 Å². The minimum absolute atomic E-state index is 0.159. The minimum atomic E-state index is 0.159. The van der Waals surface area contributed by atoms with Crippen LogP contribution in [-0.2, 0) is 5.41 Å². The number of ether oxygens (including phenoxy) is 2. The van der Waals surface area contributed by atoms with Gasteiger partial charge in [-0.25, -0.2) is 0 Å². The fourth-order valence-corrected chi connectivity index (χ4v) is 4.06. The molecule has 0 radical (unpaired) electrons. The molecule has 1 spiro atoms. The molecule has 0 aromatic heterocycles. The Bertz CT molecular complexity index is 557. The summed E-state index contributed by atoms with van der Waals surface area (Å²) in [6, 6.07) is 4.39. The number of rotatable bonds is 2. The smallest absolute Gasteiger partial charge is 0.161 e. The molecule has 2 aliphatic carbocycles. The molecule has 21 heavy (non-hydrogen) atoms. The molecule has 4 rings (SSSR count). The van der Waals surface area contributed by atoms with Crippen LogP contribution in [0.3, 0.4) is 0 Å². The second-order valence-electron chi connectivity index (χ2n) is 7.38. The van der Waals surface area contributed by atoms with Crippen LogP contribution in [0.2, 0.25) is 0 Å². The van der Waals surface area contributed by atoms with Crippen molar-refractivity contribution in [1.29, 1.82) is 0 Å². The summed E-state index contributed by atoms with van der Waals surface area (Å²) in [6.45, 7) is 4.53. The van der Waals surface area contributed by atoms with E-state index in [9.17, 15) is 0 Å². The lowest BCUT2D eigenvalue weighted by Gasteiger charge is -2.30. The Morgan fingerprint density at radius 2 is 1.62 bits per heavy atom. The predicted octanol–water partition coefficient (Wildman–Crippen LogP) is 3.32. The molecule has 1 aliphatic heterocycles. The number of hydrogen-bond acceptors (Lipinski definition) is 3. The lowest BCUT2D eigenvalue weighted by atomic mass is 9.77. The van der Waals surface area contributed by atoms with Crippen LogP contribution >= 0.6 is 0 Å². The molecule has 0 atom stereocenters. The van der Waals surface area contributed by atoms with E-state index < -0.39 is 0 Å². The molecule has 2 saturated carbocycles. The molecule has 0 amide bonds. The quantitative estimate of drug-likeness (QED) is 0.907. The highest BCUT2D eigenvalue weighted by atomic mass is 16.5. The molecular formula is C18H25NO2. The SMILES string of the molecule is Cc1cc2c(cc1C1(CN)CCCC1)OCC1(CC1)CO2. The summed E-state index contributed by atoms with van der Waals surface area (Å²) < 4.78 is 12.1. The minimum Gasteiger partial charge on any atom is -0.489 e. The van der Waals surface area contributed by atoms with Crippen LogP contribution in [-0.4, -0.2) is 19.8 Å². The van der Waals surface area contributed by atoms with E-state index in [-0.39, 0.29) is 5.41 Å². The third kappa shape index (κ3) is 2.13. The van der Waals surface area contributed by atoms with Gasteiger partial charge in [0, 0.05) is 17.4 Å². The Labute approximate surface area is 126 Å². The Balaban J connectivity index is 1.72. The first-order valence-corrected chi connectivity index (χ1v) is 8.27. The number of fused-ring (bicyclic) bond motifs is 1. The standard InChI is InChI=1S/C18H25NO2/c1-13-8-15-16(21-12-17(6-7-17)11-20-15)9-14(13)18(10-19)4-2-3-5-18/h8-9H,2-7,10-12,19H2,1H3. The van der Waals surface area contributed by atoms with Crippen molar-refractivity contribution >= 4 is 0 Å². The van der Waals surface area contributed by atoms with Gasteiger partial charge in [-0.3, -0.25) is 0 Å². The van der Waals surface area contributed by atoms with Crippen LogP contribution < -0.4 is 15.2 Å². The first-order chi connectivity index (χ1) is 10.2. The molecule has 3 heteroatoms. The van der Waals surface area contributed by atoms with Crippen molar-refractivity contribution in [2.45, 2.75) is 50.9 Å². The molecule has 3 nitrogen and oxygen atoms in total. The van der Waals surface area contributed by atoms with Crippen LogP contribution in [0.1, 0.15) is 49.7 Å². The summed E-state index contributed by atoms with van der Waals surface area (Å²) in [4.78, 5) is 0. The summed E-state index contributed by atoms with van der Waals surface area (Å²) in [5.41, 5.74) is 9.30. The van der Waals surface area contributed by atoms with Crippen LogP contribution in [0, 0.1) is 12.3 Å². The Morgan fingerprint density at radius 3 is 2.19 bits per heavy atom. The van der Waals surface area contributed by atoms with Gasteiger partial charge in [-0.15, -0.1) is 0 Å². The second kappa shape index (κ2) is 4.64. The van der Waals surface area contributed by atoms with Crippen molar-refractivity contribution in [3.8, 4) is 11.5 Å². The lowest BCUT2D eigenvalue weighted by Crippen LogP contribution is -2.32. The van der Waals surface area contributed by atoms with Gasteiger partial charge in [-0.2, -0.15) is 0 Å². The van der Waals surface area contributed by atoms with Gasteiger partial charge < -0.3 is 15.2 Å². The van der Waals surface area contributed by atoms with E-state index in [4.69, 9.17) is 15.2 Å². The highest BCUT2D eigenvalue weighted by molar-refractivity contribution is 5.50. The summed E-state index contributed by atoms with van der Waals surface area (Å²) in [7, 11) is 0. The van der Waals surface area contributed by atoms with Crippen molar-refractivity contribution in [3.63, 3.8) is 0 Å². The van der Waals surface area contributed by atoms with E-state index in [1.807, 2.05) is 0 Å². The third-order valence-corrected chi connectivity index (χ3v) is 5.84. The maximum Gasteiger partial charge on any atom is 0.161 e. The first kappa shape index (κ1) is 13.4. The van der Waals surface area contributed by atoms with Crippen molar-refractivity contribution in [2.24, 2.45) is 11.1 Å². The third-order valence-electron chi connectivity index (χ3n) is 5.84. The van der Waals surface area contributed by atoms with Gasteiger partial charge in [-0.1, -0.05) is 12.8 Å². The number of nitrogens with two attached hydrogens (primary N) is 1. The molecule has 1 aromatic carbocycles. The van der Waals surface area contributed by atoms with Gasteiger partial charge in [-0.05, 0) is 55.9 Å². The molecule has 1 aromatic rings. The molecule has 0 saturated heterocycles. The topological polar surface area (TPSA) is 44.5 Å². The zero-order chi connectivity index (χ0) is 14.5. The van der Waals surface area contributed by atoms with Crippen LogP contribution in [0.5, 0.6) is 11.5 Å². The predicted molar refractivity (Wildman–Crippen MR) is 83.0 cm³/mol. The van der Waals surface area contributed by atoms with Crippen LogP contribution in [0.15, 0.2) is 12.1 Å². The molecule has 0 bridgehead atoms. The highest BCUT2D eigenvalue weighted by Gasteiger charge is 2.46. The van der Waals surface area contributed by atoms with E-state index >= 15 is 0 Å². The van der Waals surface area contributed by atoms with Crippen molar-refractivity contribution in [1.82, 2.24) is 0 Å². The monoisotopic (exact) mass is 287 g/mol. The zero-order valence-corrected chi connectivity index (χ0v) is 12.9. The van der Waals surface area contributed by atoms with E-state index in [0.717, 1.165) is 31.3 Å². The Hall–Kier alpha value is -1.22. The fourth-order valence-electron chi connectivity index (χ4n) is 4.06. The average Bonchev–Trinajstić information content (AvgIpc) is 3.15. The molecule has 0 unspecified atom stereocenters. The van der Waals surface area contributed by atoms with Gasteiger partial charge in [0.2, 0.25) is 0 Å². The normalized spacial score (nSPS) is 24.9. The number of aryl methyl sites for hydroxylation is 1. The second-order valence-corrected chi connectivity index (χ2v) is 7.38. The average molecular weight is 287 g/mol. The van der Waals surface area contributed by atoms with Gasteiger partial charge in [0.15, 0.2) is 11.5 Å². The summed E-state index contributed by atoms with van der Waals surface area (Å²) in [5.74, 6) is 1.85. The van der Waals surface area contributed by atoms with Crippen molar-refractivity contribution < 1.29 is 9.47 Å². The number of hydrogen-bond donors (Lipinski definition) is 1. The maximum atomic E-state index is 6.16. The van der Waals surface area contributed by atoms with Gasteiger partial charge >= 0.3 is 0 Å². The van der Waals surface area contributed by atoms with E-state index in [2.05, 4.69) is 19.1 Å². The maximum absolute atomic E-state index is 6.16. The summed E-state index contributed by atoms with van der Waals surface area (Å²) in [5, 5.41) is 0. The Morgan fingerprint density at radius 1 is 1.00 bits per heavy atom. The Kier molecular flexibility index (Phi) is 2.97. The van der Waals surface area contributed by atoms with E-state index in [1.165, 1.54) is 49.7 Å². The van der Waals surface area contributed by atoms with Gasteiger partial charge in [0.1, 0.15) is 0 Å². The molecular weight excluding hydrogens is 262 g/mol. The van der Waals surface area contributed by atoms with Crippen LogP contribution in [0.25, 0.3) is 0 Å². The van der Waals surface area contributed by atoms with Crippen LogP contribution in [0.4, 0.5) is 0 Å². The van der Waals surface area contributed by atoms with E-state index in [1.54, 1.807) is 0 Å². The summed E-state index contributed by atoms with van der Waals surface area (Å²) >= 11 is 0. The largest absolute Gasteiger partial charge is 0.489 e. The highest BCUT2D eigenvalue weighted by Crippen LogP contribution is 2.50. The molecule has 114 valence electrons. The lowest BCUT2D eigenvalue weighted by molar-refractivity contribution is 0.197. The molecule has 3 aliphatic rings. The number of benzene rings is 1. The summed E-state index contributed by atoms with van der Waals surface area (Å²) in [6.07, 6.45) is 7.45. The van der Waals surface area contributed by atoms with Crippen molar-refractivity contribution in [3.05, 3.63) is 23.3 Å². The molecule has 2 N–H and O–H groups in total. The molecule has 2 fully saturated rings. The first-order valence-electron chi connectivity index (χ1n) is 8.27. The van der Waals surface area contributed by atoms with E-state index in [0.29, 0.717) is 5.41 Å². The van der Waals surface area contributed by atoms with Gasteiger partial charge in [0.05, 0.1) is 13.2 Å². The fraction of sp³-hybridized carbons (Fsp3) is 0.667.